The highest BCUT2D eigenvalue weighted by Crippen LogP contribution is 2.34. The highest BCUT2D eigenvalue weighted by Gasteiger charge is 2.35. The summed E-state index contributed by atoms with van der Waals surface area (Å²) >= 11 is 0. The van der Waals surface area contributed by atoms with Crippen molar-refractivity contribution in [2.45, 2.75) is 36.7 Å². The van der Waals surface area contributed by atoms with Gasteiger partial charge in [-0.3, -0.25) is 4.72 Å². The van der Waals surface area contributed by atoms with Crippen LogP contribution in [0.3, 0.4) is 0 Å². The van der Waals surface area contributed by atoms with Crippen molar-refractivity contribution >= 4 is 25.7 Å². The molecule has 13 heteroatoms. The standard InChI is InChI=1S/C19H22F4N2O5S2/c1-4-25(5-2)32(28,29)18-11-13(7-10-17(18)30-6-3)24-31(26,27)14-8-9-16(20)15(12-14)19(21,22)23/h7-12,24H,4-6H2,1-3H3. The zero-order valence-electron chi connectivity index (χ0n) is 17.4. The van der Waals surface area contributed by atoms with Crippen molar-refractivity contribution in [2.75, 3.05) is 24.4 Å². The topological polar surface area (TPSA) is 92.8 Å². The molecule has 0 radical (unpaired) electrons. The van der Waals surface area contributed by atoms with Gasteiger partial charge in [0.25, 0.3) is 10.0 Å². The first-order valence-corrected chi connectivity index (χ1v) is 12.4. The highest BCUT2D eigenvalue weighted by molar-refractivity contribution is 7.92. The number of sulfonamides is 2. The third-order valence-electron chi connectivity index (χ3n) is 4.37. The van der Waals surface area contributed by atoms with Crippen molar-refractivity contribution < 1.29 is 39.1 Å². The van der Waals surface area contributed by atoms with Crippen LogP contribution >= 0.6 is 0 Å². The minimum absolute atomic E-state index is 0.0107. The molecule has 0 saturated heterocycles. The lowest BCUT2D eigenvalue weighted by Gasteiger charge is -2.21. The third kappa shape index (κ3) is 5.51. The Balaban J connectivity index is 2.54. The summed E-state index contributed by atoms with van der Waals surface area (Å²) in [6.45, 7) is 5.33. The van der Waals surface area contributed by atoms with E-state index in [1.54, 1.807) is 20.8 Å². The van der Waals surface area contributed by atoms with Crippen LogP contribution in [-0.4, -0.2) is 40.8 Å². The van der Waals surface area contributed by atoms with Crippen molar-refractivity contribution in [3.8, 4) is 5.75 Å². The predicted octanol–water partition coefficient (Wildman–Crippen LogP) is 4.07. The molecule has 0 atom stereocenters. The van der Waals surface area contributed by atoms with E-state index in [0.29, 0.717) is 12.1 Å². The molecule has 0 heterocycles. The Bertz CT molecular complexity index is 1180. The first-order chi connectivity index (χ1) is 14.8. The summed E-state index contributed by atoms with van der Waals surface area (Å²) in [6.07, 6.45) is -5.10. The van der Waals surface area contributed by atoms with Gasteiger partial charge in [0.05, 0.1) is 22.8 Å². The minimum atomic E-state index is -5.10. The summed E-state index contributed by atoms with van der Waals surface area (Å²) in [4.78, 5) is -1.15. The van der Waals surface area contributed by atoms with E-state index in [0.717, 1.165) is 10.4 Å². The van der Waals surface area contributed by atoms with Crippen LogP contribution in [0.15, 0.2) is 46.2 Å². The summed E-state index contributed by atoms with van der Waals surface area (Å²) in [5.41, 5.74) is -1.96. The van der Waals surface area contributed by atoms with Crippen molar-refractivity contribution in [1.82, 2.24) is 4.31 Å². The number of nitrogens with one attached hydrogen (secondary N) is 1. The fraction of sp³-hybridized carbons (Fsp3) is 0.368. The number of hydrogen-bond acceptors (Lipinski definition) is 5. The monoisotopic (exact) mass is 498 g/mol. The van der Waals surface area contributed by atoms with Crippen LogP contribution in [-0.2, 0) is 26.2 Å². The average Bonchev–Trinajstić information content (AvgIpc) is 2.69. The van der Waals surface area contributed by atoms with Crippen LogP contribution in [0.4, 0.5) is 23.2 Å². The molecule has 2 aromatic rings. The maximum absolute atomic E-state index is 13.5. The van der Waals surface area contributed by atoms with Crippen molar-refractivity contribution in [2.24, 2.45) is 0 Å². The minimum Gasteiger partial charge on any atom is -0.492 e. The Morgan fingerprint density at radius 2 is 1.59 bits per heavy atom. The molecule has 0 bridgehead atoms. The van der Waals surface area contributed by atoms with Crippen molar-refractivity contribution in [3.05, 3.63) is 47.8 Å². The molecule has 2 rings (SSSR count). The Labute approximate surface area is 184 Å². The van der Waals surface area contributed by atoms with Crippen molar-refractivity contribution in [3.63, 3.8) is 0 Å². The lowest BCUT2D eigenvalue weighted by molar-refractivity contribution is -0.140. The van der Waals surface area contributed by atoms with Gasteiger partial charge in [0.2, 0.25) is 10.0 Å². The summed E-state index contributed by atoms with van der Waals surface area (Å²) in [7, 11) is -8.65. The van der Waals surface area contributed by atoms with Gasteiger partial charge in [0, 0.05) is 13.1 Å². The molecule has 0 fully saturated rings. The molecule has 0 amide bonds. The second kappa shape index (κ2) is 9.63. The number of anilines is 1. The maximum Gasteiger partial charge on any atom is 0.419 e. The van der Waals surface area contributed by atoms with E-state index >= 15 is 0 Å². The van der Waals surface area contributed by atoms with Crippen LogP contribution in [0.2, 0.25) is 0 Å². The smallest absolute Gasteiger partial charge is 0.419 e. The first kappa shape index (κ1) is 25.9. The largest absolute Gasteiger partial charge is 0.492 e. The molecule has 0 aromatic heterocycles. The van der Waals surface area contributed by atoms with E-state index in [9.17, 15) is 34.4 Å². The highest BCUT2D eigenvalue weighted by atomic mass is 32.2. The van der Waals surface area contributed by atoms with Crippen LogP contribution in [0, 0.1) is 5.82 Å². The quantitative estimate of drug-likeness (QED) is 0.526. The summed E-state index contributed by atoms with van der Waals surface area (Å²) < 4.78 is 112. The summed E-state index contributed by atoms with van der Waals surface area (Å²) in [5, 5.41) is 0. The van der Waals surface area contributed by atoms with Crippen LogP contribution in [0.1, 0.15) is 26.3 Å². The average molecular weight is 499 g/mol. The van der Waals surface area contributed by atoms with E-state index < -0.39 is 42.5 Å². The number of benzene rings is 2. The van der Waals surface area contributed by atoms with Gasteiger partial charge in [-0.2, -0.15) is 17.5 Å². The van der Waals surface area contributed by atoms with Gasteiger partial charge in [0.15, 0.2) is 0 Å². The molecule has 7 nitrogen and oxygen atoms in total. The van der Waals surface area contributed by atoms with Crippen LogP contribution < -0.4 is 9.46 Å². The molecule has 178 valence electrons. The molecule has 0 aliphatic rings. The zero-order chi connectivity index (χ0) is 24.3. The predicted molar refractivity (Wildman–Crippen MR) is 110 cm³/mol. The second-order valence-electron chi connectivity index (χ2n) is 6.43. The second-order valence-corrected chi connectivity index (χ2v) is 10.0. The first-order valence-electron chi connectivity index (χ1n) is 9.44. The van der Waals surface area contributed by atoms with Gasteiger partial charge < -0.3 is 4.74 Å². The molecule has 0 saturated carbocycles. The van der Waals surface area contributed by atoms with E-state index in [4.69, 9.17) is 4.74 Å². The van der Waals surface area contributed by atoms with E-state index in [1.807, 2.05) is 4.72 Å². The van der Waals surface area contributed by atoms with Gasteiger partial charge >= 0.3 is 6.18 Å². The maximum atomic E-state index is 13.5. The number of nitrogens with zero attached hydrogens (tertiary/aromatic N) is 1. The van der Waals surface area contributed by atoms with Gasteiger partial charge in [0.1, 0.15) is 16.5 Å². The van der Waals surface area contributed by atoms with Crippen molar-refractivity contribution in [1.29, 1.82) is 0 Å². The number of rotatable bonds is 9. The van der Waals surface area contributed by atoms with Gasteiger partial charge in [-0.15, -0.1) is 0 Å². The van der Waals surface area contributed by atoms with Crippen LogP contribution in [0.25, 0.3) is 0 Å². The molecular weight excluding hydrogens is 476 g/mol. The van der Waals surface area contributed by atoms with Gasteiger partial charge in [-0.1, -0.05) is 13.8 Å². The SMILES string of the molecule is CCOc1ccc(NS(=O)(=O)c2ccc(F)c(C(F)(F)F)c2)cc1S(=O)(=O)N(CC)CC. The number of alkyl halides is 3. The number of halogens is 4. The lowest BCUT2D eigenvalue weighted by Crippen LogP contribution is -2.31. The molecule has 32 heavy (non-hydrogen) atoms. The van der Waals surface area contributed by atoms with E-state index in [-0.39, 0.29) is 42.1 Å². The molecule has 1 N–H and O–H groups in total. The zero-order valence-corrected chi connectivity index (χ0v) is 19.0. The molecular formula is C19H22F4N2O5S2. The van der Waals surface area contributed by atoms with Gasteiger partial charge in [-0.05, 0) is 43.3 Å². The number of hydrogen-bond donors (Lipinski definition) is 1. The third-order valence-corrected chi connectivity index (χ3v) is 7.82. The Morgan fingerprint density at radius 3 is 2.12 bits per heavy atom. The molecule has 0 aliphatic carbocycles. The Hall–Kier alpha value is -2.38. The van der Waals surface area contributed by atoms with E-state index in [2.05, 4.69) is 0 Å². The molecule has 0 aliphatic heterocycles. The van der Waals surface area contributed by atoms with Gasteiger partial charge in [-0.25, -0.2) is 21.2 Å². The Morgan fingerprint density at radius 1 is 0.969 bits per heavy atom. The van der Waals surface area contributed by atoms with E-state index in [1.165, 1.54) is 12.1 Å². The summed E-state index contributed by atoms with van der Waals surface area (Å²) in [6, 6.07) is 4.70. The van der Waals surface area contributed by atoms with Crippen LogP contribution in [0.5, 0.6) is 5.75 Å². The number of ether oxygens (including phenoxy) is 1. The molecule has 0 spiro atoms. The Kier molecular flexibility index (Phi) is 7.79. The molecule has 0 unspecified atom stereocenters. The molecule has 2 aromatic carbocycles. The normalized spacial score (nSPS) is 12.8. The summed E-state index contributed by atoms with van der Waals surface area (Å²) in [5.74, 6) is -1.63. The fourth-order valence-corrected chi connectivity index (χ4v) is 5.54. The lowest BCUT2D eigenvalue weighted by atomic mass is 10.2. The fourth-order valence-electron chi connectivity index (χ4n) is 2.85.